The highest BCUT2D eigenvalue weighted by Gasteiger charge is 2.53. The summed E-state index contributed by atoms with van der Waals surface area (Å²) in [7, 11) is -0.591. The van der Waals surface area contributed by atoms with Gasteiger partial charge in [-0.05, 0) is 96.5 Å². The molecule has 36 heavy (non-hydrogen) atoms. The van der Waals surface area contributed by atoms with Gasteiger partial charge in [-0.25, -0.2) is 4.79 Å². The van der Waals surface area contributed by atoms with E-state index in [9.17, 15) is 9.59 Å². The van der Waals surface area contributed by atoms with Crippen LogP contribution in [0, 0.1) is 0 Å². The fraction of sp³-hybridized carbons (Fsp3) is 0.517. The van der Waals surface area contributed by atoms with Gasteiger partial charge in [0.15, 0.2) is 0 Å². The molecule has 192 valence electrons. The van der Waals surface area contributed by atoms with E-state index in [-0.39, 0.29) is 5.97 Å². The van der Waals surface area contributed by atoms with Crippen molar-refractivity contribution in [1.29, 1.82) is 0 Å². The van der Waals surface area contributed by atoms with E-state index in [2.05, 4.69) is 0 Å². The van der Waals surface area contributed by atoms with Gasteiger partial charge in [-0.3, -0.25) is 4.79 Å². The average molecular weight is 492 g/mol. The molecule has 6 nitrogen and oxygen atoms in total. The minimum Gasteiger partial charge on any atom is -0.465 e. The Bertz CT molecular complexity index is 1140. The summed E-state index contributed by atoms with van der Waals surface area (Å²) in [5, 5.41) is 0. The molecule has 2 fully saturated rings. The highest BCUT2D eigenvalue weighted by atomic mass is 16.7. The first-order chi connectivity index (χ1) is 16.7. The van der Waals surface area contributed by atoms with Crippen LogP contribution in [-0.2, 0) is 29.0 Å². The average Bonchev–Trinajstić information content (AvgIpc) is 3.55. The van der Waals surface area contributed by atoms with Crippen LogP contribution in [0.3, 0.4) is 0 Å². The van der Waals surface area contributed by atoms with E-state index < -0.39 is 35.3 Å². The number of esters is 2. The lowest BCUT2D eigenvalue weighted by molar-refractivity contribution is -0.146. The summed E-state index contributed by atoms with van der Waals surface area (Å²) in [6.45, 7) is 15.7. The molecular weight excluding hydrogens is 455 g/mol. The van der Waals surface area contributed by atoms with Crippen molar-refractivity contribution in [3.8, 4) is 11.1 Å². The van der Waals surface area contributed by atoms with Crippen LogP contribution in [0.5, 0.6) is 0 Å². The molecule has 0 amide bonds. The van der Waals surface area contributed by atoms with Crippen molar-refractivity contribution in [2.45, 2.75) is 90.4 Å². The van der Waals surface area contributed by atoms with E-state index in [1.165, 1.54) is 0 Å². The lowest BCUT2D eigenvalue weighted by Gasteiger charge is -2.32. The highest BCUT2D eigenvalue weighted by molar-refractivity contribution is 6.62. The van der Waals surface area contributed by atoms with Crippen molar-refractivity contribution in [2.24, 2.45) is 0 Å². The second kappa shape index (κ2) is 9.03. The van der Waals surface area contributed by atoms with Crippen molar-refractivity contribution >= 4 is 24.5 Å². The summed E-state index contributed by atoms with van der Waals surface area (Å²) < 4.78 is 23.5. The Kier molecular flexibility index (Phi) is 6.63. The van der Waals surface area contributed by atoms with Crippen molar-refractivity contribution in [3.05, 3.63) is 53.6 Å². The predicted octanol–water partition coefficient (Wildman–Crippen LogP) is 5.20. The molecule has 2 aromatic carbocycles. The maximum absolute atomic E-state index is 13.3. The van der Waals surface area contributed by atoms with Gasteiger partial charge in [0, 0.05) is 0 Å². The Morgan fingerprint density at radius 1 is 0.944 bits per heavy atom. The maximum atomic E-state index is 13.3. The van der Waals surface area contributed by atoms with Crippen LogP contribution < -0.4 is 5.46 Å². The molecule has 0 N–H and O–H groups in total. The molecule has 0 spiro atoms. The molecule has 7 heteroatoms. The van der Waals surface area contributed by atoms with E-state index in [1.807, 2.05) is 91.8 Å². The maximum Gasteiger partial charge on any atom is 0.494 e. The first kappa shape index (κ1) is 26.4. The van der Waals surface area contributed by atoms with E-state index in [0.717, 1.165) is 35.0 Å². The van der Waals surface area contributed by atoms with Gasteiger partial charge < -0.3 is 18.8 Å². The summed E-state index contributed by atoms with van der Waals surface area (Å²) in [4.78, 5) is 25.8. The zero-order chi connectivity index (χ0) is 26.5. The van der Waals surface area contributed by atoms with Gasteiger partial charge in [-0.2, -0.15) is 0 Å². The normalized spacial score (nSPS) is 19.6. The second-order valence-corrected chi connectivity index (χ2v) is 11.8. The SMILES string of the molecule is CCOC(=O)C1(c2ccc(-c3ccc(B4OC(C)(C)C(C)(C)O4)cc3C(=O)OC(C)(C)C)cc2)CC1. The fourth-order valence-electron chi connectivity index (χ4n) is 4.42. The lowest BCUT2D eigenvalue weighted by Crippen LogP contribution is -2.41. The summed E-state index contributed by atoms with van der Waals surface area (Å²) in [6.07, 6.45) is 1.58. The van der Waals surface area contributed by atoms with Gasteiger partial charge in [-0.1, -0.05) is 36.4 Å². The van der Waals surface area contributed by atoms with Crippen molar-refractivity contribution in [2.75, 3.05) is 6.61 Å². The first-order valence-electron chi connectivity index (χ1n) is 12.7. The monoisotopic (exact) mass is 492 g/mol. The van der Waals surface area contributed by atoms with Crippen LogP contribution in [-0.4, -0.2) is 42.5 Å². The molecular formula is C29H37BO6. The molecule has 1 saturated carbocycles. The largest absolute Gasteiger partial charge is 0.494 e. The number of rotatable bonds is 6. The number of benzene rings is 2. The standard InChI is InChI=1S/C29H37BO6/c1-9-33-25(32)29(16-17-29)20-12-10-19(11-13-20)22-15-14-21(18-23(22)24(31)34-26(2,3)4)30-35-27(5,6)28(7,8)36-30/h10-15,18H,9,16-17H2,1-8H3. The van der Waals surface area contributed by atoms with E-state index in [1.54, 1.807) is 6.07 Å². The van der Waals surface area contributed by atoms with Crippen LogP contribution in [0.25, 0.3) is 11.1 Å². The molecule has 0 radical (unpaired) electrons. The number of hydrogen-bond acceptors (Lipinski definition) is 6. The Hall–Kier alpha value is -2.64. The number of hydrogen-bond donors (Lipinski definition) is 0. The van der Waals surface area contributed by atoms with Crippen molar-refractivity contribution in [1.82, 2.24) is 0 Å². The number of carbonyl (C=O) groups is 2. The second-order valence-electron chi connectivity index (χ2n) is 11.8. The molecule has 1 saturated heterocycles. The Morgan fingerprint density at radius 3 is 2.03 bits per heavy atom. The van der Waals surface area contributed by atoms with Gasteiger partial charge in [0.2, 0.25) is 0 Å². The summed E-state index contributed by atoms with van der Waals surface area (Å²) >= 11 is 0. The Balaban J connectivity index is 1.70. The fourth-order valence-corrected chi connectivity index (χ4v) is 4.42. The van der Waals surface area contributed by atoms with Crippen LogP contribution in [0.2, 0.25) is 0 Å². The van der Waals surface area contributed by atoms with Crippen LogP contribution >= 0.6 is 0 Å². The molecule has 0 unspecified atom stereocenters. The molecule has 2 aromatic rings. The zero-order valence-corrected chi connectivity index (χ0v) is 22.7. The smallest absolute Gasteiger partial charge is 0.465 e. The molecule has 4 rings (SSSR count). The van der Waals surface area contributed by atoms with E-state index in [0.29, 0.717) is 12.2 Å². The summed E-state index contributed by atoms with van der Waals surface area (Å²) in [6, 6.07) is 13.5. The molecule has 0 aromatic heterocycles. The quantitative estimate of drug-likeness (QED) is 0.408. The third kappa shape index (κ3) is 4.96. The minimum absolute atomic E-state index is 0.168. The van der Waals surface area contributed by atoms with Crippen molar-refractivity contribution in [3.63, 3.8) is 0 Å². The topological polar surface area (TPSA) is 71.1 Å². The molecule has 1 aliphatic carbocycles. The minimum atomic E-state index is -0.642. The molecule has 2 aliphatic rings. The van der Waals surface area contributed by atoms with Gasteiger partial charge in [0.25, 0.3) is 0 Å². The van der Waals surface area contributed by atoms with E-state index in [4.69, 9.17) is 18.8 Å². The molecule has 1 aliphatic heterocycles. The van der Waals surface area contributed by atoms with Crippen LogP contribution in [0.15, 0.2) is 42.5 Å². The van der Waals surface area contributed by atoms with E-state index >= 15 is 0 Å². The van der Waals surface area contributed by atoms with Gasteiger partial charge >= 0.3 is 19.1 Å². The van der Waals surface area contributed by atoms with Crippen molar-refractivity contribution < 1.29 is 28.4 Å². The Labute approximate surface area is 214 Å². The highest BCUT2D eigenvalue weighted by Crippen LogP contribution is 2.49. The van der Waals surface area contributed by atoms with Gasteiger partial charge in [0.1, 0.15) is 5.60 Å². The lowest BCUT2D eigenvalue weighted by atomic mass is 9.77. The molecule has 0 atom stereocenters. The third-order valence-corrected chi connectivity index (χ3v) is 7.35. The molecule has 0 bridgehead atoms. The van der Waals surface area contributed by atoms with Crippen LogP contribution in [0.1, 0.15) is 84.2 Å². The third-order valence-electron chi connectivity index (χ3n) is 7.35. The summed E-state index contributed by atoms with van der Waals surface area (Å²) in [5.74, 6) is -0.580. The Morgan fingerprint density at radius 2 is 1.53 bits per heavy atom. The van der Waals surface area contributed by atoms with Crippen LogP contribution in [0.4, 0.5) is 0 Å². The van der Waals surface area contributed by atoms with Gasteiger partial charge in [0.05, 0.1) is 28.8 Å². The number of carbonyl (C=O) groups excluding carboxylic acids is 2. The number of ether oxygens (including phenoxy) is 2. The predicted molar refractivity (Wildman–Crippen MR) is 140 cm³/mol. The summed E-state index contributed by atoms with van der Waals surface area (Å²) in [5.41, 5.74) is 1.59. The molecule has 1 heterocycles. The first-order valence-corrected chi connectivity index (χ1v) is 12.7. The van der Waals surface area contributed by atoms with Gasteiger partial charge in [-0.15, -0.1) is 0 Å². The zero-order valence-electron chi connectivity index (χ0n) is 22.7.